The van der Waals surface area contributed by atoms with Crippen LogP contribution < -0.4 is 9.47 Å². The third-order valence-corrected chi connectivity index (χ3v) is 2.07. The van der Waals surface area contributed by atoms with Gasteiger partial charge in [0.15, 0.2) is 5.56 Å². The molecule has 0 saturated carbocycles. The zero-order valence-corrected chi connectivity index (χ0v) is 10.8. The molecule has 0 aromatic carbocycles. The van der Waals surface area contributed by atoms with Crippen molar-refractivity contribution in [3.63, 3.8) is 0 Å². The lowest BCUT2D eigenvalue weighted by Crippen LogP contribution is -2.20. The number of methoxy groups -OCH3 is 1. The Kier molecular flexibility index (Phi) is 4.89. The largest absolute Gasteiger partial charge is 0.574 e. The van der Waals surface area contributed by atoms with E-state index in [1.807, 2.05) is 0 Å². The molecule has 0 fully saturated rings. The summed E-state index contributed by atoms with van der Waals surface area (Å²) >= 11 is 0. The number of carbonyl (C=O) groups excluding carboxylic acids is 1. The molecule has 11 heteroatoms. The molecular formula is C10H9F3N2O6. The van der Waals surface area contributed by atoms with Gasteiger partial charge in [0.05, 0.1) is 18.6 Å². The minimum absolute atomic E-state index is 0.142. The minimum atomic E-state index is -5.11. The van der Waals surface area contributed by atoms with E-state index in [9.17, 15) is 28.1 Å². The van der Waals surface area contributed by atoms with Crippen LogP contribution in [0.5, 0.6) is 11.6 Å². The van der Waals surface area contributed by atoms with Crippen LogP contribution in [0.4, 0.5) is 18.9 Å². The molecule has 0 radical (unpaired) electrons. The van der Waals surface area contributed by atoms with E-state index in [2.05, 4.69) is 19.2 Å². The Balaban J connectivity index is 3.49. The summed E-state index contributed by atoms with van der Waals surface area (Å²) in [6, 6.07) is 0. The molecule has 0 N–H and O–H groups in total. The van der Waals surface area contributed by atoms with Crippen LogP contribution in [0, 0.1) is 10.1 Å². The van der Waals surface area contributed by atoms with Crippen LogP contribution in [0.15, 0.2) is 6.20 Å². The maximum absolute atomic E-state index is 12.2. The summed E-state index contributed by atoms with van der Waals surface area (Å²) < 4.78 is 49.4. The Labute approximate surface area is 115 Å². The highest BCUT2D eigenvalue weighted by atomic mass is 19.4. The number of hydrogen-bond donors (Lipinski definition) is 0. The number of aromatic nitrogens is 1. The van der Waals surface area contributed by atoms with Gasteiger partial charge in [-0.2, -0.15) is 0 Å². The van der Waals surface area contributed by atoms with E-state index >= 15 is 0 Å². The maximum atomic E-state index is 12.2. The molecule has 0 aliphatic rings. The Morgan fingerprint density at radius 1 is 1.48 bits per heavy atom. The smallest absolute Gasteiger partial charge is 0.490 e. The van der Waals surface area contributed by atoms with Gasteiger partial charge in [-0.25, -0.2) is 9.78 Å². The normalized spacial score (nSPS) is 10.9. The number of hydrogen-bond acceptors (Lipinski definition) is 7. The molecule has 8 nitrogen and oxygen atoms in total. The van der Waals surface area contributed by atoms with Gasteiger partial charge in [-0.15, -0.1) is 13.2 Å². The zero-order valence-electron chi connectivity index (χ0n) is 10.8. The van der Waals surface area contributed by atoms with E-state index in [1.54, 1.807) is 0 Å². The summed E-state index contributed by atoms with van der Waals surface area (Å²) in [4.78, 5) is 24.7. The molecule has 0 bridgehead atoms. The second kappa shape index (κ2) is 6.24. The summed E-state index contributed by atoms with van der Waals surface area (Å²) in [5.74, 6) is -3.19. The average Bonchev–Trinajstić information content (AvgIpc) is 2.36. The molecule has 1 aromatic rings. The fourth-order valence-corrected chi connectivity index (χ4v) is 1.38. The first-order chi connectivity index (χ1) is 9.71. The lowest BCUT2D eigenvalue weighted by Gasteiger charge is -2.13. The number of pyridine rings is 1. The van der Waals surface area contributed by atoms with Gasteiger partial charge in [-0.05, 0) is 6.92 Å². The number of nitrogens with zero attached hydrogens (tertiary/aromatic N) is 2. The first-order valence-electron chi connectivity index (χ1n) is 5.35. The van der Waals surface area contributed by atoms with Crippen molar-refractivity contribution in [2.45, 2.75) is 13.3 Å². The second-order valence-corrected chi connectivity index (χ2v) is 3.38. The van der Waals surface area contributed by atoms with Crippen LogP contribution in [0.1, 0.15) is 17.3 Å². The highest BCUT2D eigenvalue weighted by Gasteiger charge is 2.37. The van der Waals surface area contributed by atoms with Crippen molar-refractivity contribution in [1.82, 2.24) is 4.98 Å². The monoisotopic (exact) mass is 310 g/mol. The standard InChI is InChI=1S/C10H9F3N2O6/c1-3-20-9(16)6-5(15(17)18)4-14-8(7(6)19-2)21-10(11,12)13/h4H,3H2,1-2H3. The molecule has 0 saturated heterocycles. The van der Waals surface area contributed by atoms with Gasteiger partial charge in [-0.1, -0.05) is 0 Å². The zero-order chi connectivity index (χ0) is 16.2. The van der Waals surface area contributed by atoms with Gasteiger partial charge in [0.1, 0.15) is 6.20 Å². The topological polar surface area (TPSA) is 101 Å². The van der Waals surface area contributed by atoms with Crippen molar-refractivity contribution >= 4 is 11.7 Å². The number of carbonyl (C=O) groups is 1. The third-order valence-electron chi connectivity index (χ3n) is 2.07. The summed E-state index contributed by atoms with van der Waals surface area (Å²) in [6.07, 6.45) is -4.65. The molecule has 1 heterocycles. The predicted octanol–water partition coefficient (Wildman–Crippen LogP) is 2.07. The number of ether oxygens (including phenoxy) is 3. The Morgan fingerprint density at radius 3 is 2.52 bits per heavy atom. The van der Waals surface area contributed by atoms with Crippen LogP contribution in [0.2, 0.25) is 0 Å². The maximum Gasteiger partial charge on any atom is 0.574 e. The molecule has 0 amide bonds. The molecule has 21 heavy (non-hydrogen) atoms. The van der Waals surface area contributed by atoms with Gasteiger partial charge in [-0.3, -0.25) is 10.1 Å². The quantitative estimate of drug-likeness (QED) is 0.466. The number of rotatable bonds is 5. The first kappa shape index (κ1) is 16.5. The van der Waals surface area contributed by atoms with Crippen molar-refractivity contribution in [3.8, 4) is 11.6 Å². The highest BCUT2D eigenvalue weighted by Crippen LogP contribution is 2.37. The van der Waals surface area contributed by atoms with Crippen molar-refractivity contribution in [1.29, 1.82) is 0 Å². The molecule has 0 atom stereocenters. The van der Waals surface area contributed by atoms with Crippen LogP contribution in [-0.2, 0) is 4.74 Å². The van der Waals surface area contributed by atoms with E-state index in [0.29, 0.717) is 6.20 Å². The van der Waals surface area contributed by atoms with Crippen molar-refractivity contribution < 1.29 is 37.1 Å². The summed E-state index contributed by atoms with van der Waals surface area (Å²) in [6.45, 7) is 1.28. The number of esters is 1. The highest BCUT2D eigenvalue weighted by molar-refractivity contribution is 5.97. The van der Waals surface area contributed by atoms with E-state index < -0.39 is 40.1 Å². The molecular weight excluding hydrogens is 301 g/mol. The Hall–Kier alpha value is -2.59. The molecule has 0 spiro atoms. The van der Waals surface area contributed by atoms with Crippen LogP contribution in [0.3, 0.4) is 0 Å². The number of halogens is 3. The summed E-state index contributed by atoms with van der Waals surface area (Å²) in [5.41, 5.74) is -1.67. The summed E-state index contributed by atoms with van der Waals surface area (Å²) in [7, 11) is 0.909. The van der Waals surface area contributed by atoms with Gasteiger partial charge in [0.25, 0.3) is 5.88 Å². The molecule has 0 unspecified atom stereocenters. The number of nitro groups is 1. The average molecular weight is 310 g/mol. The van der Waals surface area contributed by atoms with Gasteiger partial charge < -0.3 is 14.2 Å². The van der Waals surface area contributed by atoms with Crippen molar-refractivity contribution in [2.75, 3.05) is 13.7 Å². The van der Waals surface area contributed by atoms with Gasteiger partial charge in [0.2, 0.25) is 5.75 Å². The predicted molar refractivity (Wildman–Crippen MR) is 60.1 cm³/mol. The van der Waals surface area contributed by atoms with Crippen LogP contribution in [-0.4, -0.2) is 36.0 Å². The lowest BCUT2D eigenvalue weighted by atomic mass is 10.2. The van der Waals surface area contributed by atoms with Crippen LogP contribution in [0.25, 0.3) is 0 Å². The van der Waals surface area contributed by atoms with Gasteiger partial charge >= 0.3 is 18.0 Å². The minimum Gasteiger partial charge on any atom is -0.490 e. The SMILES string of the molecule is CCOC(=O)c1c([N+](=O)[O-])cnc(OC(F)(F)F)c1OC. The van der Waals surface area contributed by atoms with E-state index in [0.717, 1.165) is 7.11 Å². The van der Waals surface area contributed by atoms with Gasteiger partial charge in [0, 0.05) is 0 Å². The van der Waals surface area contributed by atoms with Crippen LogP contribution >= 0.6 is 0 Å². The Morgan fingerprint density at radius 2 is 2.10 bits per heavy atom. The Bertz CT molecular complexity index is 560. The molecule has 1 rings (SSSR count). The molecule has 1 aromatic heterocycles. The van der Waals surface area contributed by atoms with Crippen molar-refractivity contribution in [2.24, 2.45) is 0 Å². The number of alkyl halides is 3. The van der Waals surface area contributed by atoms with E-state index in [-0.39, 0.29) is 6.61 Å². The lowest BCUT2D eigenvalue weighted by molar-refractivity contribution is -0.385. The third kappa shape index (κ3) is 3.94. The van der Waals surface area contributed by atoms with E-state index in [4.69, 9.17) is 0 Å². The molecule has 116 valence electrons. The molecule has 0 aliphatic carbocycles. The molecule has 0 aliphatic heterocycles. The summed E-state index contributed by atoms with van der Waals surface area (Å²) in [5, 5.41) is 10.8. The second-order valence-electron chi connectivity index (χ2n) is 3.38. The van der Waals surface area contributed by atoms with E-state index in [1.165, 1.54) is 6.92 Å². The van der Waals surface area contributed by atoms with Crippen molar-refractivity contribution in [3.05, 3.63) is 21.9 Å². The fourth-order valence-electron chi connectivity index (χ4n) is 1.38. The first-order valence-corrected chi connectivity index (χ1v) is 5.35. The fraction of sp³-hybridized carbons (Fsp3) is 0.400.